The van der Waals surface area contributed by atoms with Gasteiger partial charge in [-0.15, -0.1) is 0 Å². The number of rotatable bonds is 3. The van der Waals surface area contributed by atoms with Crippen LogP contribution in [0.4, 0.5) is 15.8 Å². The Morgan fingerprint density at radius 2 is 1.83 bits per heavy atom. The predicted octanol–water partition coefficient (Wildman–Crippen LogP) is 2.40. The van der Waals surface area contributed by atoms with Crippen LogP contribution in [0.1, 0.15) is 12.8 Å². The number of halogens is 1. The Balaban J connectivity index is 1.78. The van der Waals surface area contributed by atoms with Gasteiger partial charge in [-0.25, -0.2) is 12.8 Å². The van der Waals surface area contributed by atoms with Crippen molar-refractivity contribution >= 4 is 21.4 Å². The van der Waals surface area contributed by atoms with Gasteiger partial charge in [0, 0.05) is 18.8 Å². The fraction of sp³-hybridized carbons (Fsp3) is 0.312. The summed E-state index contributed by atoms with van der Waals surface area (Å²) in [6.45, 7) is 0.996. The third-order valence-electron chi connectivity index (χ3n) is 4.26. The molecule has 1 aromatic heterocycles. The first kappa shape index (κ1) is 14.4. The van der Waals surface area contributed by atoms with Crippen molar-refractivity contribution in [1.29, 1.82) is 0 Å². The first-order chi connectivity index (χ1) is 11.1. The highest BCUT2D eigenvalue weighted by Gasteiger charge is 2.37. The number of pyridine rings is 1. The summed E-state index contributed by atoms with van der Waals surface area (Å²) in [7, 11) is -3.82. The minimum absolute atomic E-state index is 0.118. The van der Waals surface area contributed by atoms with Crippen LogP contribution >= 0.6 is 0 Å². The molecule has 1 saturated carbocycles. The average molecular weight is 333 g/mol. The lowest BCUT2D eigenvalue weighted by molar-refractivity contribution is 0.581. The summed E-state index contributed by atoms with van der Waals surface area (Å²) in [5.74, 6) is -0.657. The molecule has 0 N–H and O–H groups in total. The van der Waals surface area contributed by atoms with E-state index < -0.39 is 15.8 Å². The van der Waals surface area contributed by atoms with Crippen molar-refractivity contribution in [3.05, 3.63) is 48.5 Å². The van der Waals surface area contributed by atoms with E-state index in [0.717, 1.165) is 30.8 Å². The molecule has 1 aliphatic carbocycles. The maximum atomic E-state index is 13.4. The molecule has 2 aliphatic rings. The Morgan fingerprint density at radius 3 is 2.52 bits per heavy atom. The van der Waals surface area contributed by atoms with Gasteiger partial charge in [0.15, 0.2) is 0 Å². The first-order valence-corrected chi connectivity index (χ1v) is 9.00. The number of benzene rings is 1. The fourth-order valence-electron chi connectivity index (χ4n) is 3.03. The van der Waals surface area contributed by atoms with Gasteiger partial charge in [-0.05, 0) is 31.0 Å². The van der Waals surface area contributed by atoms with Crippen LogP contribution in [0.5, 0.6) is 0 Å². The van der Waals surface area contributed by atoms with Gasteiger partial charge in [0.1, 0.15) is 10.7 Å². The van der Waals surface area contributed by atoms with Crippen molar-refractivity contribution < 1.29 is 12.8 Å². The van der Waals surface area contributed by atoms with Crippen LogP contribution in [0.3, 0.4) is 0 Å². The van der Waals surface area contributed by atoms with Crippen LogP contribution in [0.15, 0.2) is 47.6 Å². The Hall–Kier alpha value is -2.15. The lowest BCUT2D eigenvalue weighted by atomic mass is 10.2. The first-order valence-electron chi connectivity index (χ1n) is 7.56. The number of aromatic nitrogens is 1. The molecule has 0 atom stereocenters. The van der Waals surface area contributed by atoms with E-state index in [-0.39, 0.29) is 4.90 Å². The van der Waals surface area contributed by atoms with E-state index >= 15 is 0 Å². The van der Waals surface area contributed by atoms with E-state index in [1.165, 1.54) is 10.5 Å². The van der Waals surface area contributed by atoms with Gasteiger partial charge in [0.2, 0.25) is 0 Å². The Kier molecular flexibility index (Phi) is 3.26. The van der Waals surface area contributed by atoms with Crippen molar-refractivity contribution in [2.45, 2.75) is 23.8 Å². The largest absolute Gasteiger partial charge is 0.365 e. The Labute approximate surface area is 134 Å². The molecular formula is C16H16FN3O2S. The van der Waals surface area contributed by atoms with Crippen molar-refractivity contribution in [1.82, 2.24) is 4.98 Å². The highest BCUT2D eigenvalue weighted by molar-refractivity contribution is 7.92. The fourth-order valence-corrected chi connectivity index (χ4v) is 4.48. The van der Waals surface area contributed by atoms with Crippen molar-refractivity contribution in [3.8, 4) is 0 Å². The van der Waals surface area contributed by atoms with Gasteiger partial charge < -0.3 is 4.90 Å². The zero-order valence-corrected chi connectivity index (χ0v) is 13.2. The van der Waals surface area contributed by atoms with E-state index in [1.54, 1.807) is 6.07 Å². The van der Waals surface area contributed by atoms with Crippen LogP contribution < -0.4 is 9.21 Å². The Bertz CT molecular complexity index is 852. The summed E-state index contributed by atoms with van der Waals surface area (Å²) in [5, 5.41) is 0. The second kappa shape index (κ2) is 5.19. The maximum Gasteiger partial charge on any atom is 0.266 e. The molecule has 7 heteroatoms. The maximum absolute atomic E-state index is 13.4. The molecule has 2 heterocycles. The quantitative estimate of drug-likeness (QED) is 0.865. The molecule has 0 unspecified atom stereocenters. The highest BCUT2D eigenvalue weighted by atomic mass is 32.2. The van der Waals surface area contributed by atoms with Gasteiger partial charge in [0.05, 0.1) is 24.1 Å². The lowest BCUT2D eigenvalue weighted by Gasteiger charge is -2.38. The summed E-state index contributed by atoms with van der Waals surface area (Å²) in [6, 6.07) is 9.00. The van der Waals surface area contributed by atoms with Gasteiger partial charge in [-0.3, -0.25) is 9.29 Å². The zero-order chi connectivity index (χ0) is 16.0. The van der Waals surface area contributed by atoms with E-state index in [1.807, 2.05) is 18.2 Å². The molecule has 120 valence electrons. The number of hydrogen-bond donors (Lipinski definition) is 0. The van der Waals surface area contributed by atoms with Crippen LogP contribution in [0.25, 0.3) is 0 Å². The summed E-state index contributed by atoms with van der Waals surface area (Å²) in [4.78, 5) is 5.81. The molecule has 0 saturated heterocycles. The topological polar surface area (TPSA) is 53.5 Å². The number of fused-ring (bicyclic) bond motifs is 1. The molecule has 23 heavy (non-hydrogen) atoms. The second-order valence-electron chi connectivity index (χ2n) is 5.83. The SMILES string of the molecule is O=S(=O)(c1cncc(F)c1)N1CCN(C2CC2)c2ccccc21. The van der Waals surface area contributed by atoms with Crippen molar-refractivity contribution in [3.63, 3.8) is 0 Å². The molecule has 0 bridgehead atoms. The van der Waals surface area contributed by atoms with Crippen LogP contribution in [0.2, 0.25) is 0 Å². The van der Waals surface area contributed by atoms with Gasteiger partial charge >= 0.3 is 0 Å². The van der Waals surface area contributed by atoms with Crippen molar-refractivity contribution in [2.24, 2.45) is 0 Å². The van der Waals surface area contributed by atoms with E-state index in [4.69, 9.17) is 0 Å². The van der Waals surface area contributed by atoms with Gasteiger partial charge in [0.25, 0.3) is 10.0 Å². The minimum atomic E-state index is -3.82. The summed E-state index contributed by atoms with van der Waals surface area (Å²) < 4.78 is 40.5. The van der Waals surface area contributed by atoms with Crippen LogP contribution in [-0.4, -0.2) is 32.5 Å². The highest BCUT2D eigenvalue weighted by Crippen LogP contribution is 2.41. The molecule has 0 spiro atoms. The van der Waals surface area contributed by atoms with Gasteiger partial charge in [-0.1, -0.05) is 12.1 Å². The smallest absolute Gasteiger partial charge is 0.266 e. The molecule has 1 fully saturated rings. The van der Waals surface area contributed by atoms with Crippen LogP contribution in [-0.2, 0) is 10.0 Å². The summed E-state index contributed by atoms with van der Waals surface area (Å²) in [6.07, 6.45) is 4.48. The molecular weight excluding hydrogens is 317 g/mol. The zero-order valence-electron chi connectivity index (χ0n) is 12.4. The normalized spacial score (nSPS) is 18.0. The molecule has 1 aliphatic heterocycles. The standard InChI is InChI=1S/C16H16FN3O2S/c17-12-9-14(11-18-10-12)23(21,22)20-8-7-19(13-5-6-13)15-3-1-2-4-16(15)20/h1-4,9-11,13H,5-8H2. The second-order valence-corrected chi connectivity index (χ2v) is 7.69. The predicted molar refractivity (Wildman–Crippen MR) is 85.5 cm³/mol. The summed E-state index contributed by atoms with van der Waals surface area (Å²) in [5.41, 5.74) is 1.57. The molecule has 0 amide bonds. The number of para-hydroxylation sites is 2. The number of anilines is 2. The van der Waals surface area contributed by atoms with Crippen molar-refractivity contribution in [2.75, 3.05) is 22.3 Å². The van der Waals surface area contributed by atoms with E-state index in [2.05, 4.69) is 9.88 Å². The van der Waals surface area contributed by atoms with E-state index in [0.29, 0.717) is 24.8 Å². The van der Waals surface area contributed by atoms with Crippen LogP contribution in [0, 0.1) is 5.82 Å². The molecule has 4 rings (SSSR count). The third kappa shape index (κ3) is 2.45. The molecule has 2 aromatic rings. The minimum Gasteiger partial charge on any atom is -0.365 e. The summed E-state index contributed by atoms with van der Waals surface area (Å²) >= 11 is 0. The van der Waals surface area contributed by atoms with E-state index in [9.17, 15) is 12.8 Å². The third-order valence-corrected chi connectivity index (χ3v) is 6.04. The number of nitrogens with zero attached hydrogens (tertiary/aromatic N) is 3. The lowest BCUT2D eigenvalue weighted by Crippen LogP contribution is -2.44. The number of sulfonamides is 1. The Morgan fingerprint density at radius 1 is 1.09 bits per heavy atom. The number of hydrogen-bond acceptors (Lipinski definition) is 4. The average Bonchev–Trinajstić information content (AvgIpc) is 3.38. The molecule has 1 aromatic carbocycles. The van der Waals surface area contributed by atoms with Gasteiger partial charge in [-0.2, -0.15) is 0 Å². The molecule has 5 nitrogen and oxygen atoms in total. The monoisotopic (exact) mass is 333 g/mol. The molecule has 0 radical (unpaired) electrons.